The zero-order valence-electron chi connectivity index (χ0n) is 9.60. The molecule has 0 unspecified atom stereocenters. The minimum atomic E-state index is -0.0271. The van der Waals surface area contributed by atoms with Crippen molar-refractivity contribution < 1.29 is 0 Å². The van der Waals surface area contributed by atoms with E-state index in [9.17, 15) is 4.79 Å². The van der Waals surface area contributed by atoms with E-state index in [1.54, 1.807) is 28.0 Å². The number of hydrogen-bond acceptors (Lipinski definition) is 4. The molecule has 6 heteroatoms. The number of aromatic nitrogens is 5. The molecule has 0 spiro atoms. The number of hydrogen-bond donors (Lipinski definition) is 0. The van der Waals surface area contributed by atoms with Gasteiger partial charge in [0.1, 0.15) is 12.7 Å². The van der Waals surface area contributed by atoms with Crippen LogP contribution in [0.2, 0.25) is 0 Å². The maximum absolute atomic E-state index is 12.2. The molecule has 0 aliphatic rings. The lowest BCUT2D eigenvalue weighted by Crippen LogP contribution is -2.23. The predicted octanol–water partition coefficient (Wildman–Crippen LogP) is 0.688. The van der Waals surface area contributed by atoms with E-state index in [-0.39, 0.29) is 5.56 Å². The van der Waals surface area contributed by atoms with Crippen molar-refractivity contribution in [1.82, 2.24) is 24.3 Å². The third-order valence-corrected chi connectivity index (χ3v) is 2.77. The van der Waals surface area contributed by atoms with Gasteiger partial charge in [-0.2, -0.15) is 5.10 Å². The monoisotopic (exact) mass is 241 g/mol. The largest absolute Gasteiger partial charge is 0.297 e. The van der Waals surface area contributed by atoms with Crippen LogP contribution < -0.4 is 5.56 Å². The second kappa shape index (κ2) is 4.40. The minimum Gasteiger partial charge on any atom is -0.297 e. The average Bonchev–Trinajstić information content (AvgIpc) is 2.91. The van der Waals surface area contributed by atoms with Gasteiger partial charge in [-0.1, -0.05) is 12.1 Å². The molecule has 0 bridgehead atoms. The van der Waals surface area contributed by atoms with E-state index >= 15 is 0 Å². The highest BCUT2D eigenvalue weighted by Crippen LogP contribution is 2.04. The van der Waals surface area contributed by atoms with Crippen molar-refractivity contribution >= 4 is 10.9 Å². The van der Waals surface area contributed by atoms with E-state index in [1.807, 2.05) is 18.2 Å². The van der Waals surface area contributed by atoms with Crippen LogP contribution >= 0.6 is 0 Å². The van der Waals surface area contributed by atoms with Gasteiger partial charge in [-0.3, -0.25) is 14.0 Å². The molecule has 18 heavy (non-hydrogen) atoms. The van der Waals surface area contributed by atoms with Crippen LogP contribution in [0.25, 0.3) is 10.9 Å². The molecule has 2 aromatic heterocycles. The van der Waals surface area contributed by atoms with E-state index in [0.29, 0.717) is 18.5 Å². The van der Waals surface area contributed by atoms with Gasteiger partial charge in [-0.15, -0.1) is 0 Å². The van der Waals surface area contributed by atoms with Gasteiger partial charge in [0.2, 0.25) is 0 Å². The molecule has 3 aromatic rings. The molecular formula is C12H11N5O. The molecule has 0 atom stereocenters. The van der Waals surface area contributed by atoms with Gasteiger partial charge in [0.25, 0.3) is 5.56 Å². The predicted molar refractivity (Wildman–Crippen MR) is 66.0 cm³/mol. The maximum atomic E-state index is 12.2. The van der Waals surface area contributed by atoms with Crippen molar-refractivity contribution in [2.75, 3.05) is 0 Å². The Morgan fingerprint density at radius 3 is 2.83 bits per heavy atom. The summed E-state index contributed by atoms with van der Waals surface area (Å²) in [5, 5.41) is 4.63. The van der Waals surface area contributed by atoms with Crippen molar-refractivity contribution in [2.24, 2.45) is 0 Å². The Balaban J connectivity index is 1.93. The van der Waals surface area contributed by atoms with Crippen molar-refractivity contribution in [3.05, 3.63) is 53.6 Å². The molecule has 0 radical (unpaired) electrons. The second-order valence-corrected chi connectivity index (χ2v) is 3.92. The van der Waals surface area contributed by atoms with Crippen molar-refractivity contribution in [3.8, 4) is 0 Å². The molecule has 0 saturated heterocycles. The van der Waals surface area contributed by atoms with Gasteiger partial charge in [0.05, 0.1) is 23.8 Å². The smallest absolute Gasteiger partial charge is 0.261 e. The highest BCUT2D eigenvalue weighted by molar-refractivity contribution is 5.76. The fourth-order valence-electron chi connectivity index (χ4n) is 1.82. The highest BCUT2D eigenvalue weighted by Gasteiger charge is 2.03. The summed E-state index contributed by atoms with van der Waals surface area (Å²) >= 11 is 0. The molecule has 0 aliphatic heterocycles. The molecule has 6 nitrogen and oxygen atoms in total. The first-order valence-corrected chi connectivity index (χ1v) is 5.61. The summed E-state index contributed by atoms with van der Waals surface area (Å²) in [6.07, 6.45) is 4.67. The Morgan fingerprint density at radius 1 is 1.11 bits per heavy atom. The topological polar surface area (TPSA) is 65.6 Å². The third kappa shape index (κ3) is 1.88. The van der Waals surface area contributed by atoms with Crippen LogP contribution in [0.15, 0.2) is 48.0 Å². The third-order valence-electron chi connectivity index (χ3n) is 2.77. The zero-order chi connectivity index (χ0) is 12.4. The summed E-state index contributed by atoms with van der Waals surface area (Å²) in [6, 6.07) is 7.33. The van der Waals surface area contributed by atoms with Crippen LogP contribution in [-0.2, 0) is 13.1 Å². The lowest BCUT2D eigenvalue weighted by Gasteiger charge is -2.06. The Bertz CT molecular complexity index is 717. The molecule has 0 fully saturated rings. The van der Waals surface area contributed by atoms with E-state index in [1.165, 1.54) is 6.33 Å². The Labute approximate surface area is 103 Å². The van der Waals surface area contributed by atoms with E-state index < -0.39 is 0 Å². The quantitative estimate of drug-likeness (QED) is 0.676. The van der Waals surface area contributed by atoms with Gasteiger partial charge in [-0.05, 0) is 12.1 Å². The number of fused-ring (bicyclic) bond motifs is 1. The molecule has 2 heterocycles. The van der Waals surface area contributed by atoms with Crippen LogP contribution in [0, 0.1) is 0 Å². The minimum absolute atomic E-state index is 0.0271. The molecule has 0 aliphatic carbocycles. The molecule has 90 valence electrons. The fraction of sp³-hybridized carbons (Fsp3) is 0.167. The number of aryl methyl sites for hydroxylation is 2. The van der Waals surface area contributed by atoms with Crippen molar-refractivity contribution in [1.29, 1.82) is 0 Å². The van der Waals surface area contributed by atoms with E-state index in [2.05, 4.69) is 15.1 Å². The van der Waals surface area contributed by atoms with Gasteiger partial charge in [0.15, 0.2) is 0 Å². The Morgan fingerprint density at radius 2 is 2.00 bits per heavy atom. The Hall–Kier alpha value is -2.50. The van der Waals surface area contributed by atoms with Gasteiger partial charge < -0.3 is 0 Å². The summed E-state index contributed by atoms with van der Waals surface area (Å²) in [5.41, 5.74) is 0.695. The first-order valence-electron chi connectivity index (χ1n) is 5.61. The number of nitrogens with zero attached hydrogens (tertiary/aromatic N) is 5. The molecule has 1 aromatic carbocycles. The van der Waals surface area contributed by atoms with E-state index in [4.69, 9.17) is 0 Å². The summed E-state index contributed by atoms with van der Waals surface area (Å²) in [7, 11) is 0. The molecule has 3 rings (SSSR count). The average molecular weight is 241 g/mol. The summed E-state index contributed by atoms with van der Waals surface area (Å²) in [6.45, 7) is 1.12. The molecule has 0 N–H and O–H groups in total. The maximum Gasteiger partial charge on any atom is 0.261 e. The van der Waals surface area contributed by atoms with Crippen LogP contribution in [-0.4, -0.2) is 24.3 Å². The van der Waals surface area contributed by atoms with Crippen LogP contribution in [0.1, 0.15) is 0 Å². The first-order chi connectivity index (χ1) is 8.84. The standard InChI is InChI=1S/C12H11N5O/c18-12-10-3-1-2-4-11(10)14-9-16(12)5-6-17-8-13-7-15-17/h1-4,7-9H,5-6H2. The lowest BCUT2D eigenvalue weighted by molar-refractivity contribution is 0.520. The van der Waals surface area contributed by atoms with Crippen LogP contribution in [0.3, 0.4) is 0 Å². The molecule has 0 saturated carbocycles. The highest BCUT2D eigenvalue weighted by atomic mass is 16.1. The number of benzene rings is 1. The first kappa shape index (κ1) is 10.6. The van der Waals surface area contributed by atoms with Gasteiger partial charge >= 0.3 is 0 Å². The Kier molecular flexibility index (Phi) is 2.60. The summed E-state index contributed by atoms with van der Waals surface area (Å²) in [4.78, 5) is 20.3. The zero-order valence-corrected chi connectivity index (χ0v) is 9.60. The van der Waals surface area contributed by atoms with Crippen molar-refractivity contribution in [2.45, 2.75) is 13.1 Å². The second-order valence-electron chi connectivity index (χ2n) is 3.92. The normalized spacial score (nSPS) is 10.9. The summed E-state index contributed by atoms with van der Waals surface area (Å²) < 4.78 is 3.27. The fourth-order valence-corrected chi connectivity index (χ4v) is 1.82. The van der Waals surface area contributed by atoms with Crippen LogP contribution in [0.4, 0.5) is 0 Å². The lowest BCUT2D eigenvalue weighted by atomic mass is 10.2. The van der Waals surface area contributed by atoms with Gasteiger partial charge in [0, 0.05) is 6.54 Å². The number of para-hydroxylation sites is 1. The van der Waals surface area contributed by atoms with Crippen LogP contribution in [0.5, 0.6) is 0 Å². The SMILES string of the molecule is O=c1c2ccccc2ncn1CCn1cncn1. The van der Waals surface area contributed by atoms with Crippen molar-refractivity contribution in [3.63, 3.8) is 0 Å². The molecular weight excluding hydrogens is 230 g/mol. The molecule has 0 amide bonds. The van der Waals surface area contributed by atoms with Gasteiger partial charge in [-0.25, -0.2) is 9.97 Å². The van der Waals surface area contributed by atoms with E-state index in [0.717, 1.165) is 5.52 Å². The summed E-state index contributed by atoms with van der Waals surface area (Å²) in [5.74, 6) is 0. The number of rotatable bonds is 3.